The summed E-state index contributed by atoms with van der Waals surface area (Å²) in [4.78, 5) is 2.10. The number of hydrogen-bond acceptors (Lipinski definition) is 8. The number of thiophene rings is 1. The normalized spacial score (nSPS) is 20.4. The lowest BCUT2D eigenvalue weighted by atomic mass is 10.2. The molecule has 0 atom stereocenters. The summed E-state index contributed by atoms with van der Waals surface area (Å²) in [6.45, 7) is 3.19. The standard InChI is InChI=1S/C15H23N3O6S3/c16-26(20,21)14-10-12-9-13(11-17-4-7-24-8-5-17)18(3-1-2-6-19)27(22,23)15(12)25-14/h9-10,19H,1-8,11H2,(H2,16,20,21). The van der Waals surface area contributed by atoms with Gasteiger partial charge in [-0.25, -0.2) is 22.0 Å². The molecule has 2 aliphatic rings. The first-order chi connectivity index (χ1) is 12.7. The summed E-state index contributed by atoms with van der Waals surface area (Å²) in [6, 6.07) is 1.32. The van der Waals surface area contributed by atoms with E-state index in [4.69, 9.17) is 15.0 Å². The maximum atomic E-state index is 13.1. The largest absolute Gasteiger partial charge is 0.396 e. The zero-order valence-corrected chi connectivity index (χ0v) is 17.2. The Kier molecular flexibility index (Phi) is 6.25. The Morgan fingerprint density at radius 2 is 1.96 bits per heavy atom. The molecule has 2 aliphatic heterocycles. The monoisotopic (exact) mass is 437 g/mol. The maximum Gasteiger partial charge on any atom is 0.274 e. The maximum absolute atomic E-state index is 13.1. The van der Waals surface area contributed by atoms with Gasteiger partial charge >= 0.3 is 0 Å². The minimum atomic E-state index is -3.98. The van der Waals surface area contributed by atoms with E-state index in [2.05, 4.69) is 4.90 Å². The van der Waals surface area contributed by atoms with Crippen LogP contribution in [0.5, 0.6) is 0 Å². The van der Waals surface area contributed by atoms with Crippen LogP contribution in [0.15, 0.2) is 20.2 Å². The Hall–Kier alpha value is -1.02. The first-order valence-electron chi connectivity index (χ1n) is 8.54. The number of ether oxygens (including phenoxy) is 1. The fourth-order valence-electron chi connectivity index (χ4n) is 3.06. The zero-order chi connectivity index (χ0) is 19.7. The number of hydrogen-bond donors (Lipinski definition) is 2. The molecule has 9 nitrogen and oxygen atoms in total. The van der Waals surface area contributed by atoms with Crippen molar-refractivity contribution in [1.82, 2.24) is 9.21 Å². The van der Waals surface area contributed by atoms with E-state index < -0.39 is 20.0 Å². The van der Waals surface area contributed by atoms with E-state index in [0.29, 0.717) is 68.3 Å². The predicted octanol–water partition coefficient (Wildman–Crippen LogP) is -0.155. The van der Waals surface area contributed by atoms with Crippen LogP contribution in [0.3, 0.4) is 0 Å². The number of aliphatic hydroxyl groups excluding tert-OH is 1. The molecule has 1 saturated heterocycles. The van der Waals surface area contributed by atoms with E-state index in [0.717, 1.165) is 0 Å². The second-order valence-corrected chi connectivity index (χ2v) is 11.3. The SMILES string of the molecule is NS(=O)(=O)c1cc2c(s1)S(=O)(=O)N(CCCCO)C(CN1CCOCC1)=C2. The molecule has 27 heavy (non-hydrogen) atoms. The van der Waals surface area contributed by atoms with Gasteiger partial charge in [0.25, 0.3) is 10.0 Å². The molecule has 0 amide bonds. The summed E-state index contributed by atoms with van der Waals surface area (Å²) in [5.41, 5.74) is 0.937. The van der Waals surface area contributed by atoms with Gasteiger partial charge in [0, 0.05) is 44.0 Å². The lowest BCUT2D eigenvalue weighted by molar-refractivity contribution is 0.0406. The van der Waals surface area contributed by atoms with E-state index in [9.17, 15) is 16.8 Å². The van der Waals surface area contributed by atoms with Crippen molar-refractivity contribution in [3.63, 3.8) is 0 Å². The van der Waals surface area contributed by atoms with Crippen LogP contribution in [-0.4, -0.2) is 77.1 Å². The van der Waals surface area contributed by atoms with Gasteiger partial charge in [-0.1, -0.05) is 0 Å². The van der Waals surface area contributed by atoms with Crippen molar-refractivity contribution in [1.29, 1.82) is 0 Å². The molecule has 1 aromatic heterocycles. The quantitative estimate of drug-likeness (QED) is 0.567. The van der Waals surface area contributed by atoms with Gasteiger partial charge in [-0.05, 0) is 25.0 Å². The van der Waals surface area contributed by atoms with Crippen molar-refractivity contribution in [3.8, 4) is 0 Å². The highest BCUT2D eigenvalue weighted by Crippen LogP contribution is 2.39. The van der Waals surface area contributed by atoms with Crippen LogP contribution in [0.1, 0.15) is 18.4 Å². The molecule has 1 aromatic rings. The Morgan fingerprint density at radius 1 is 1.26 bits per heavy atom. The van der Waals surface area contributed by atoms with Gasteiger partial charge in [0.1, 0.15) is 8.42 Å². The van der Waals surface area contributed by atoms with Gasteiger partial charge < -0.3 is 9.84 Å². The van der Waals surface area contributed by atoms with Crippen LogP contribution in [0.25, 0.3) is 6.08 Å². The van der Waals surface area contributed by atoms with Crippen LogP contribution in [0, 0.1) is 0 Å². The van der Waals surface area contributed by atoms with Crippen molar-refractivity contribution in [2.24, 2.45) is 5.14 Å². The van der Waals surface area contributed by atoms with Crippen LogP contribution in [0.2, 0.25) is 0 Å². The third-order valence-corrected chi connectivity index (χ3v) is 9.36. The van der Waals surface area contributed by atoms with Crippen molar-refractivity contribution in [3.05, 3.63) is 17.3 Å². The van der Waals surface area contributed by atoms with Gasteiger partial charge in [-0.2, -0.15) is 0 Å². The third-order valence-electron chi connectivity index (χ3n) is 4.41. The number of aliphatic hydroxyl groups is 1. The molecule has 0 bridgehead atoms. The summed E-state index contributed by atoms with van der Waals surface area (Å²) in [5.74, 6) is 0. The van der Waals surface area contributed by atoms with Gasteiger partial charge in [0.05, 0.1) is 13.2 Å². The molecule has 152 valence electrons. The number of nitrogens with two attached hydrogens (primary N) is 1. The number of rotatable bonds is 7. The van der Waals surface area contributed by atoms with E-state index in [-0.39, 0.29) is 21.6 Å². The highest BCUT2D eigenvalue weighted by atomic mass is 32.3. The van der Waals surface area contributed by atoms with E-state index in [1.165, 1.54) is 10.4 Å². The van der Waals surface area contributed by atoms with Crippen molar-refractivity contribution in [2.45, 2.75) is 21.3 Å². The molecular weight excluding hydrogens is 414 g/mol. The molecule has 12 heteroatoms. The Morgan fingerprint density at radius 3 is 2.59 bits per heavy atom. The molecule has 0 spiro atoms. The zero-order valence-electron chi connectivity index (χ0n) is 14.7. The molecule has 3 rings (SSSR count). The first kappa shape index (κ1) is 20.7. The second-order valence-electron chi connectivity index (χ2n) is 6.39. The molecule has 3 heterocycles. The average molecular weight is 438 g/mol. The van der Waals surface area contributed by atoms with Crippen LogP contribution in [0.4, 0.5) is 0 Å². The van der Waals surface area contributed by atoms with E-state index in [1.807, 2.05) is 0 Å². The molecule has 3 N–H and O–H groups in total. The number of unbranched alkanes of at least 4 members (excludes halogenated alkanes) is 1. The van der Waals surface area contributed by atoms with Gasteiger partial charge in [-0.3, -0.25) is 9.21 Å². The van der Waals surface area contributed by atoms with Crippen molar-refractivity contribution < 1.29 is 26.7 Å². The van der Waals surface area contributed by atoms with Gasteiger partial charge in [-0.15, -0.1) is 11.3 Å². The molecular formula is C15H23N3O6S3. The van der Waals surface area contributed by atoms with Gasteiger partial charge in [0.15, 0.2) is 0 Å². The minimum absolute atomic E-state index is 0.0127. The summed E-state index contributed by atoms with van der Waals surface area (Å²) in [7, 11) is -7.86. The van der Waals surface area contributed by atoms with Crippen molar-refractivity contribution >= 4 is 37.5 Å². The third kappa shape index (κ3) is 4.53. The van der Waals surface area contributed by atoms with Gasteiger partial charge in [0.2, 0.25) is 10.0 Å². The molecule has 0 aliphatic carbocycles. The predicted molar refractivity (Wildman–Crippen MR) is 101 cm³/mol. The van der Waals surface area contributed by atoms with Crippen LogP contribution in [-0.2, 0) is 24.8 Å². The highest BCUT2D eigenvalue weighted by molar-refractivity contribution is 7.94. The van der Waals surface area contributed by atoms with E-state index in [1.54, 1.807) is 6.08 Å². The summed E-state index contributed by atoms with van der Waals surface area (Å²) >= 11 is 0.670. The van der Waals surface area contributed by atoms with Crippen LogP contribution < -0.4 is 5.14 Å². The molecule has 0 saturated carbocycles. The topological polar surface area (TPSA) is 130 Å². The fraction of sp³-hybridized carbons (Fsp3) is 0.600. The van der Waals surface area contributed by atoms with E-state index >= 15 is 0 Å². The number of fused-ring (bicyclic) bond motifs is 1. The smallest absolute Gasteiger partial charge is 0.274 e. The molecule has 0 aromatic carbocycles. The fourth-order valence-corrected chi connectivity index (χ4v) is 7.19. The molecule has 0 unspecified atom stereocenters. The summed E-state index contributed by atoms with van der Waals surface area (Å²) in [6.07, 6.45) is 2.70. The number of nitrogens with zero attached hydrogens (tertiary/aromatic N) is 2. The first-order valence-corrected chi connectivity index (χ1v) is 12.3. The number of sulfonamides is 2. The number of primary sulfonamides is 1. The highest BCUT2D eigenvalue weighted by Gasteiger charge is 2.36. The van der Waals surface area contributed by atoms with Crippen molar-refractivity contribution in [2.75, 3.05) is 46.0 Å². The molecule has 0 radical (unpaired) electrons. The Balaban J connectivity index is 1.98. The Bertz CT molecular complexity index is 917. The molecule has 1 fully saturated rings. The summed E-state index contributed by atoms with van der Waals surface area (Å²) in [5, 5.41) is 14.2. The Labute approximate surface area is 163 Å². The second kappa shape index (κ2) is 8.15. The number of morpholine rings is 1. The average Bonchev–Trinajstić information content (AvgIpc) is 3.04. The summed E-state index contributed by atoms with van der Waals surface area (Å²) < 4.78 is 56.1. The lowest BCUT2D eigenvalue weighted by Crippen LogP contribution is -2.42. The van der Waals surface area contributed by atoms with Crippen LogP contribution >= 0.6 is 11.3 Å². The lowest BCUT2D eigenvalue weighted by Gasteiger charge is -2.34. The minimum Gasteiger partial charge on any atom is -0.396 e.